The first-order valence-corrected chi connectivity index (χ1v) is 8.19. The maximum atomic E-state index is 5.95. The predicted octanol–water partition coefficient (Wildman–Crippen LogP) is 3.37. The molecule has 0 aliphatic carbocycles. The van der Waals surface area contributed by atoms with Crippen molar-refractivity contribution >= 4 is 17.6 Å². The molecule has 0 unspecified atom stereocenters. The Hall–Kier alpha value is -2.08. The molecule has 0 amide bonds. The van der Waals surface area contributed by atoms with Gasteiger partial charge in [-0.2, -0.15) is 4.98 Å². The third-order valence-corrected chi connectivity index (χ3v) is 3.51. The summed E-state index contributed by atoms with van der Waals surface area (Å²) in [6.45, 7) is 3.26. The third kappa shape index (κ3) is 5.90. The Labute approximate surface area is 141 Å². The van der Waals surface area contributed by atoms with Gasteiger partial charge in [0.15, 0.2) is 5.96 Å². The number of halogens is 1. The highest BCUT2D eigenvalue weighted by molar-refractivity contribution is 6.30. The first kappa shape index (κ1) is 17.3. The van der Waals surface area contributed by atoms with Crippen molar-refractivity contribution < 1.29 is 4.52 Å². The summed E-state index contributed by atoms with van der Waals surface area (Å²) >= 11 is 5.95. The Balaban J connectivity index is 1.83. The van der Waals surface area contributed by atoms with Crippen molar-refractivity contribution in [2.45, 2.75) is 39.2 Å². The molecule has 1 heterocycles. The van der Waals surface area contributed by atoms with E-state index in [9.17, 15) is 0 Å². The van der Waals surface area contributed by atoms with E-state index in [1.807, 2.05) is 12.1 Å². The zero-order valence-electron chi connectivity index (χ0n) is 13.3. The van der Waals surface area contributed by atoms with E-state index in [0.29, 0.717) is 22.7 Å². The van der Waals surface area contributed by atoms with E-state index in [0.717, 1.165) is 18.5 Å². The fourth-order valence-corrected chi connectivity index (χ4v) is 2.23. The van der Waals surface area contributed by atoms with Crippen molar-refractivity contribution in [3.8, 4) is 11.4 Å². The molecule has 0 saturated heterocycles. The van der Waals surface area contributed by atoms with E-state index >= 15 is 0 Å². The molecule has 1 aromatic carbocycles. The quantitative estimate of drug-likeness (QED) is 0.438. The first-order valence-electron chi connectivity index (χ1n) is 7.81. The molecular weight excluding hydrogens is 314 g/mol. The van der Waals surface area contributed by atoms with Gasteiger partial charge in [0.2, 0.25) is 11.7 Å². The number of benzene rings is 1. The van der Waals surface area contributed by atoms with Gasteiger partial charge in [0.25, 0.3) is 0 Å². The number of aliphatic imine (C=N–C) groups is 1. The minimum absolute atomic E-state index is 0.251. The Morgan fingerprint density at radius 1 is 1.35 bits per heavy atom. The van der Waals surface area contributed by atoms with Crippen LogP contribution in [-0.2, 0) is 6.54 Å². The summed E-state index contributed by atoms with van der Waals surface area (Å²) in [5.74, 6) is 1.29. The van der Waals surface area contributed by atoms with Crippen molar-refractivity contribution in [2.75, 3.05) is 6.54 Å². The standard InChI is InChI=1S/C16H22ClN5O/c1-2-3-4-5-9-19-16(18)20-11-14-21-15(22-23-14)12-7-6-8-13(17)10-12/h6-8,10H,2-5,9,11H2,1H3,(H3,18,19,20). The number of aromatic nitrogens is 2. The van der Waals surface area contributed by atoms with Gasteiger partial charge in [-0.3, -0.25) is 0 Å². The lowest BCUT2D eigenvalue weighted by Gasteiger charge is -2.04. The normalized spacial score (nSPS) is 11.7. The molecule has 0 atom stereocenters. The molecule has 2 rings (SSSR count). The van der Waals surface area contributed by atoms with Crippen molar-refractivity contribution in [3.05, 3.63) is 35.2 Å². The van der Waals surface area contributed by atoms with Crippen LogP contribution in [0.25, 0.3) is 11.4 Å². The number of unbranched alkanes of at least 4 members (excludes halogenated alkanes) is 3. The smallest absolute Gasteiger partial charge is 0.248 e. The Kier molecular flexibility index (Phi) is 6.87. The van der Waals surface area contributed by atoms with E-state index in [1.54, 1.807) is 12.1 Å². The van der Waals surface area contributed by atoms with Crippen LogP contribution in [0.3, 0.4) is 0 Å². The maximum absolute atomic E-state index is 5.95. The van der Waals surface area contributed by atoms with Crippen LogP contribution in [0.5, 0.6) is 0 Å². The number of nitrogens with one attached hydrogen (secondary N) is 1. The highest BCUT2D eigenvalue weighted by Gasteiger charge is 2.08. The summed E-state index contributed by atoms with van der Waals surface area (Å²) < 4.78 is 5.17. The molecule has 23 heavy (non-hydrogen) atoms. The zero-order valence-corrected chi connectivity index (χ0v) is 14.0. The summed E-state index contributed by atoms with van der Waals surface area (Å²) in [7, 11) is 0. The molecule has 0 aliphatic heterocycles. The topological polar surface area (TPSA) is 89.3 Å². The molecule has 3 N–H and O–H groups in total. The number of rotatable bonds is 8. The lowest BCUT2D eigenvalue weighted by atomic mass is 10.2. The fourth-order valence-electron chi connectivity index (χ4n) is 2.04. The van der Waals surface area contributed by atoms with Crippen LogP contribution < -0.4 is 11.1 Å². The molecule has 0 radical (unpaired) electrons. The van der Waals surface area contributed by atoms with Crippen molar-refractivity contribution in [1.29, 1.82) is 0 Å². The molecule has 0 aliphatic rings. The van der Waals surface area contributed by atoms with E-state index < -0.39 is 0 Å². The van der Waals surface area contributed by atoms with Crippen molar-refractivity contribution in [2.24, 2.45) is 10.7 Å². The molecule has 0 spiro atoms. The SMILES string of the molecule is CCCCCCNC(N)=NCc1nc(-c2cccc(Cl)c2)no1. The van der Waals surface area contributed by atoms with Crippen LogP contribution in [0.2, 0.25) is 5.02 Å². The number of hydrogen-bond acceptors (Lipinski definition) is 4. The minimum atomic E-state index is 0.251. The van der Waals surface area contributed by atoms with Crippen LogP contribution in [0, 0.1) is 0 Å². The van der Waals surface area contributed by atoms with Crippen molar-refractivity contribution in [1.82, 2.24) is 15.5 Å². The van der Waals surface area contributed by atoms with Crippen LogP contribution in [0.1, 0.15) is 38.5 Å². The van der Waals surface area contributed by atoms with Gasteiger partial charge < -0.3 is 15.6 Å². The van der Waals surface area contributed by atoms with Crippen molar-refractivity contribution in [3.63, 3.8) is 0 Å². The maximum Gasteiger partial charge on any atom is 0.248 e. The van der Waals surface area contributed by atoms with Crippen LogP contribution in [0.15, 0.2) is 33.8 Å². The number of guanidine groups is 1. The largest absolute Gasteiger partial charge is 0.370 e. The second-order valence-electron chi connectivity index (χ2n) is 5.21. The minimum Gasteiger partial charge on any atom is -0.370 e. The fraction of sp³-hybridized carbons (Fsp3) is 0.438. The molecule has 7 heteroatoms. The zero-order chi connectivity index (χ0) is 16.5. The third-order valence-electron chi connectivity index (χ3n) is 3.27. The number of nitrogens with zero attached hydrogens (tertiary/aromatic N) is 3. The second kappa shape index (κ2) is 9.15. The van der Waals surface area contributed by atoms with Crippen LogP contribution in [0.4, 0.5) is 0 Å². The molecule has 0 bridgehead atoms. The second-order valence-corrected chi connectivity index (χ2v) is 5.65. The Morgan fingerprint density at radius 2 is 2.22 bits per heavy atom. The average molecular weight is 336 g/mol. The van der Waals surface area contributed by atoms with Gasteiger partial charge in [-0.1, -0.05) is 55.1 Å². The van der Waals surface area contributed by atoms with Crippen LogP contribution >= 0.6 is 11.6 Å². The van der Waals surface area contributed by atoms with E-state index in [2.05, 4.69) is 27.4 Å². The molecule has 0 saturated carbocycles. The molecule has 6 nitrogen and oxygen atoms in total. The summed E-state index contributed by atoms with van der Waals surface area (Å²) in [6, 6.07) is 7.29. The van der Waals surface area contributed by atoms with Gasteiger partial charge in [-0.15, -0.1) is 0 Å². The molecule has 1 aromatic heterocycles. The summed E-state index contributed by atoms with van der Waals surface area (Å²) in [5.41, 5.74) is 6.61. The van der Waals surface area contributed by atoms with E-state index in [1.165, 1.54) is 19.3 Å². The number of hydrogen-bond donors (Lipinski definition) is 2. The van der Waals surface area contributed by atoms with Gasteiger partial charge in [0.05, 0.1) is 0 Å². The first-order chi connectivity index (χ1) is 11.2. The number of nitrogens with two attached hydrogens (primary N) is 1. The average Bonchev–Trinajstić information content (AvgIpc) is 3.02. The summed E-state index contributed by atoms with van der Waals surface area (Å²) in [5, 5.41) is 7.63. The van der Waals surface area contributed by atoms with Gasteiger partial charge >= 0.3 is 0 Å². The lowest BCUT2D eigenvalue weighted by molar-refractivity contribution is 0.381. The lowest BCUT2D eigenvalue weighted by Crippen LogP contribution is -2.32. The van der Waals surface area contributed by atoms with E-state index in [-0.39, 0.29) is 6.54 Å². The molecule has 2 aromatic rings. The summed E-state index contributed by atoms with van der Waals surface area (Å²) in [4.78, 5) is 8.49. The Bertz CT molecular complexity index is 641. The van der Waals surface area contributed by atoms with E-state index in [4.69, 9.17) is 21.9 Å². The highest BCUT2D eigenvalue weighted by atomic mass is 35.5. The highest BCUT2D eigenvalue weighted by Crippen LogP contribution is 2.19. The summed E-state index contributed by atoms with van der Waals surface area (Å²) in [6.07, 6.45) is 4.75. The van der Waals surface area contributed by atoms with Gasteiger partial charge in [0.1, 0.15) is 6.54 Å². The van der Waals surface area contributed by atoms with Gasteiger partial charge in [-0.25, -0.2) is 4.99 Å². The monoisotopic (exact) mass is 335 g/mol. The molecule has 124 valence electrons. The molecule has 0 fully saturated rings. The molecular formula is C16H22ClN5O. The predicted molar refractivity (Wildman–Crippen MR) is 92.2 cm³/mol. The van der Waals surface area contributed by atoms with Gasteiger partial charge in [0, 0.05) is 17.1 Å². The van der Waals surface area contributed by atoms with Gasteiger partial charge in [-0.05, 0) is 18.6 Å². The Morgan fingerprint density at radius 3 is 3.00 bits per heavy atom. The van der Waals surface area contributed by atoms with Crippen LogP contribution in [-0.4, -0.2) is 22.6 Å².